The largest absolute Gasteiger partial charge is 0.305 e. The van der Waals surface area contributed by atoms with Crippen LogP contribution < -0.4 is 5.32 Å². The zero-order valence-electron chi connectivity index (χ0n) is 9.67. The highest BCUT2D eigenvalue weighted by Gasteiger charge is 2.47. The van der Waals surface area contributed by atoms with Gasteiger partial charge in [-0.1, -0.05) is 34.1 Å². The molecule has 3 rings (SSSR count). The minimum absolute atomic E-state index is 0.280. The maximum absolute atomic E-state index is 3.86. The zero-order chi connectivity index (χ0) is 11.2. The maximum atomic E-state index is 3.86. The molecule has 86 valence electrons. The number of halogens is 1. The van der Waals surface area contributed by atoms with Gasteiger partial charge in [-0.2, -0.15) is 0 Å². The summed E-state index contributed by atoms with van der Waals surface area (Å²) in [6, 6.07) is 9.31. The average Bonchev–Trinajstić information content (AvgIpc) is 3.13. The molecule has 1 aromatic carbocycles. The van der Waals surface area contributed by atoms with Crippen molar-refractivity contribution in [2.45, 2.75) is 44.2 Å². The Labute approximate surface area is 106 Å². The SMILES string of the molecule is CC(NC1(c2ccccc2Br)CC1)C1CC1. The monoisotopic (exact) mass is 279 g/mol. The van der Waals surface area contributed by atoms with Gasteiger partial charge >= 0.3 is 0 Å². The fourth-order valence-electron chi connectivity index (χ4n) is 2.62. The molecule has 1 N–H and O–H groups in total. The molecular formula is C14H18BrN. The van der Waals surface area contributed by atoms with Gasteiger partial charge in [0.1, 0.15) is 0 Å². The van der Waals surface area contributed by atoms with E-state index in [-0.39, 0.29) is 5.54 Å². The van der Waals surface area contributed by atoms with Crippen molar-refractivity contribution in [3.63, 3.8) is 0 Å². The van der Waals surface area contributed by atoms with E-state index in [4.69, 9.17) is 0 Å². The van der Waals surface area contributed by atoms with Crippen molar-refractivity contribution in [2.75, 3.05) is 0 Å². The van der Waals surface area contributed by atoms with E-state index in [0.29, 0.717) is 6.04 Å². The fraction of sp³-hybridized carbons (Fsp3) is 0.571. The Bertz CT molecular complexity index is 393. The Morgan fingerprint density at radius 2 is 2.00 bits per heavy atom. The summed E-state index contributed by atoms with van der Waals surface area (Å²) in [6.07, 6.45) is 5.40. The summed E-state index contributed by atoms with van der Waals surface area (Å²) in [4.78, 5) is 0. The summed E-state index contributed by atoms with van der Waals surface area (Å²) < 4.78 is 1.25. The molecule has 0 saturated heterocycles. The molecule has 1 nitrogen and oxygen atoms in total. The molecule has 2 fully saturated rings. The van der Waals surface area contributed by atoms with Crippen LogP contribution in [0.25, 0.3) is 0 Å². The van der Waals surface area contributed by atoms with Crippen molar-refractivity contribution in [1.29, 1.82) is 0 Å². The Morgan fingerprint density at radius 3 is 2.56 bits per heavy atom. The van der Waals surface area contributed by atoms with E-state index in [2.05, 4.69) is 52.4 Å². The Hall–Kier alpha value is -0.340. The highest BCUT2D eigenvalue weighted by molar-refractivity contribution is 9.10. The van der Waals surface area contributed by atoms with E-state index >= 15 is 0 Å². The van der Waals surface area contributed by atoms with Crippen molar-refractivity contribution in [3.8, 4) is 0 Å². The van der Waals surface area contributed by atoms with Crippen molar-refractivity contribution >= 4 is 15.9 Å². The van der Waals surface area contributed by atoms with Crippen LogP contribution in [-0.4, -0.2) is 6.04 Å². The van der Waals surface area contributed by atoms with Crippen LogP contribution in [0.1, 0.15) is 38.2 Å². The second-order valence-corrected chi connectivity index (χ2v) is 6.19. The first kappa shape index (κ1) is 10.8. The molecule has 0 heterocycles. The van der Waals surface area contributed by atoms with Gasteiger partial charge in [-0.25, -0.2) is 0 Å². The normalized spacial score (nSPS) is 24.1. The molecule has 2 aliphatic rings. The van der Waals surface area contributed by atoms with E-state index in [1.165, 1.54) is 35.7 Å². The molecule has 0 amide bonds. The van der Waals surface area contributed by atoms with Gasteiger partial charge in [0.05, 0.1) is 0 Å². The van der Waals surface area contributed by atoms with Crippen LogP contribution in [0.5, 0.6) is 0 Å². The number of benzene rings is 1. The molecule has 1 unspecified atom stereocenters. The summed E-state index contributed by atoms with van der Waals surface area (Å²) >= 11 is 3.67. The van der Waals surface area contributed by atoms with Crippen LogP contribution >= 0.6 is 15.9 Å². The topological polar surface area (TPSA) is 12.0 Å². The standard InChI is InChI=1S/C14H18BrN/c1-10(11-6-7-11)16-14(8-9-14)12-4-2-3-5-13(12)15/h2-5,10-11,16H,6-9H2,1H3. The third-order valence-corrected chi connectivity index (χ3v) is 4.66. The fourth-order valence-corrected chi connectivity index (χ4v) is 3.28. The molecule has 1 atom stereocenters. The minimum atomic E-state index is 0.280. The third-order valence-electron chi connectivity index (χ3n) is 3.97. The molecule has 1 aromatic rings. The molecule has 0 radical (unpaired) electrons. The molecule has 0 aliphatic heterocycles. The van der Waals surface area contributed by atoms with E-state index in [1.807, 2.05) is 0 Å². The van der Waals surface area contributed by atoms with Crippen molar-refractivity contribution in [2.24, 2.45) is 5.92 Å². The highest BCUT2D eigenvalue weighted by Crippen LogP contribution is 2.49. The van der Waals surface area contributed by atoms with Crippen LogP contribution in [0, 0.1) is 5.92 Å². The molecule has 2 saturated carbocycles. The quantitative estimate of drug-likeness (QED) is 0.884. The lowest BCUT2D eigenvalue weighted by molar-refractivity contribution is 0.406. The third kappa shape index (κ3) is 1.93. The summed E-state index contributed by atoms with van der Waals surface area (Å²) in [5.41, 5.74) is 1.73. The van der Waals surface area contributed by atoms with Crippen molar-refractivity contribution < 1.29 is 0 Å². The first-order chi connectivity index (χ1) is 7.71. The lowest BCUT2D eigenvalue weighted by Crippen LogP contribution is -2.38. The minimum Gasteiger partial charge on any atom is -0.305 e. The molecule has 0 spiro atoms. The lowest BCUT2D eigenvalue weighted by atomic mass is 10.0. The molecule has 2 aliphatic carbocycles. The Morgan fingerprint density at radius 1 is 1.31 bits per heavy atom. The van der Waals surface area contributed by atoms with Crippen LogP contribution in [0.15, 0.2) is 28.7 Å². The number of rotatable bonds is 4. The molecule has 0 aromatic heterocycles. The van der Waals surface area contributed by atoms with Gasteiger partial charge in [0.2, 0.25) is 0 Å². The second kappa shape index (κ2) is 3.85. The van der Waals surface area contributed by atoms with Gasteiger partial charge < -0.3 is 5.32 Å². The molecular weight excluding hydrogens is 262 g/mol. The predicted octanol–water partition coefficient (Wildman–Crippen LogP) is 3.83. The average molecular weight is 280 g/mol. The summed E-state index contributed by atoms with van der Waals surface area (Å²) in [7, 11) is 0. The maximum Gasteiger partial charge on any atom is 0.0449 e. The van der Waals surface area contributed by atoms with Crippen LogP contribution in [0.3, 0.4) is 0 Å². The first-order valence-electron chi connectivity index (χ1n) is 6.24. The van der Waals surface area contributed by atoms with E-state index in [9.17, 15) is 0 Å². The van der Waals surface area contributed by atoms with Crippen LogP contribution in [0.2, 0.25) is 0 Å². The smallest absolute Gasteiger partial charge is 0.0449 e. The van der Waals surface area contributed by atoms with Gasteiger partial charge in [0.25, 0.3) is 0 Å². The number of hydrogen-bond donors (Lipinski definition) is 1. The zero-order valence-corrected chi connectivity index (χ0v) is 11.3. The Kier molecular flexibility index (Phi) is 2.60. The van der Waals surface area contributed by atoms with Gasteiger partial charge in [-0.05, 0) is 50.2 Å². The van der Waals surface area contributed by atoms with Gasteiger partial charge in [0, 0.05) is 16.1 Å². The summed E-state index contributed by atoms with van der Waals surface area (Å²) in [6.45, 7) is 2.34. The Balaban J connectivity index is 1.80. The van der Waals surface area contributed by atoms with Crippen molar-refractivity contribution in [1.82, 2.24) is 5.32 Å². The summed E-state index contributed by atoms with van der Waals surface area (Å²) in [5.74, 6) is 0.931. The molecule has 16 heavy (non-hydrogen) atoms. The second-order valence-electron chi connectivity index (χ2n) is 5.33. The van der Waals surface area contributed by atoms with Gasteiger partial charge in [-0.15, -0.1) is 0 Å². The van der Waals surface area contributed by atoms with Crippen LogP contribution in [-0.2, 0) is 5.54 Å². The van der Waals surface area contributed by atoms with E-state index < -0.39 is 0 Å². The molecule has 2 heteroatoms. The van der Waals surface area contributed by atoms with E-state index in [1.54, 1.807) is 0 Å². The van der Waals surface area contributed by atoms with Crippen molar-refractivity contribution in [3.05, 3.63) is 34.3 Å². The highest BCUT2D eigenvalue weighted by atomic mass is 79.9. The number of hydrogen-bond acceptors (Lipinski definition) is 1. The van der Waals surface area contributed by atoms with E-state index in [0.717, 1.165) is 5.92 Å². The van der Waals surface area contributed by atoms with Gasteiger partial charge in [0.15, 0.2) is 0 Å². The van der Waals surface area contributed by atoms with Crippen LogP contribution in [0.4, 0.5) is 0 Å². The molecule has 0 bridgehead atoms. The predicted molar refractivity (Wildman–Crippen MR) is 70.4 cm³/mol. The van der Waals surface area contributed by atoms with Gasteiger partial charge in [-0.3, -0.25) is 0 Å². The first-order valence-corrected chi connectivity index (χ1v) is 7.03. The summed E-state index contributed by atoms with van der Waals surface area (Å²) in [5, 5.41) is 3.86. The number of nitrogens with one attached hydrogen (secondary N) is 1. The lowest BCUT2D eigenvalue weighted by Gasteiger charge is -2.24.